The lowest BCUT2D eigenvalue weighted by Gasteiger charge is -2.05. The fourth-order valence-electron chi connectivity index (χ4n) is 1.93. The van der Waals surface area contributed by atoms with Crippen LogP contribution in [0, 0.1) is 0 Å². The van der Waals surface area contributed by atoms with Crippen molar-refractivity contribution in [2.75, 3.05) is 0 Å². The third-order valence-electron chi connectivity index (χ3n) is 2.79. The van der Waals surface area contributed by atoms with Crippen molar-refractivity contribution < 1.29 is 13.2 Å². The van der Waals surface area contributed by atoms with Gasteiger partial charge in [0.1, 0.15) is 0 Å². The topological polar surface area (TPSA) is 59.1 Å². The van der Waals surface area contributed by atoms with Crippen molar-refractivity contribution in [2.24, 2.45) is 5.73 Å². The van der Waals surface area contributed by atoms with Crippen LogP contribution in [-0.2, 0) is 12.7 Å². The molecule has 1 aromatic carbocycles. The maximum Gasteiger partial charge on any atom is 0.416 e. The van der Waals surface area contributed by atoms with Crippen LogP contribution in [0.1, 0.15) is 11.3 Å². The van der Waals surface area contributed by atoms with Crippen LogP contribution in [-0.4, -0.2) is 14.4 Å². The zero-order valence-electron chi connectivity index (χ0n) is 9.12. The van der Waals surface area contributed by atoms with Crippen LogP contribution in [0.25, 0.3) is 16.8 Å². The number of fused-ring (bicyclic) bond motifs is 3. The third kappa shape index (κ3) is 1.55. The lowest BCUT2D eigenvalue weighted by molar-refractivity contribution is -0.137. The van der Waals surface area contributed by atoms with Gasteiger partial charge < -0.3 is 10.7 Å². The molecule has 4 nitrogen and oxygen atoms in total. The molecule has 18 heavy (non-hydrogen) atoms. The van der Waals surface area contributed by atoms with Crippen molar-refractivity contribution in [1.82, 2.24) is 14.4 Å². The molecule has 94 valence electrons. The fourth-order valence-corrected chi connectivity index (χ4v) is 1.93. The van der Waals surface area contributed by atoms with Gasteiger partial charge in [-0.15, -0.1) is 0 Å². The lowest BCUT2D eigenvalue weighted by atomic mass is 10.2. The summed E-state index contributed by atoms with van der Waals surface area (Å²) in [7, 11) is 0. The van der Waals surface area contributed by atoms with Crippen LogP contribution in [0.3, 0.4) is 0 Å². The number of hydrogen-bond acceptors (Lipinski definition) is 2. The number of rotatable bonds is 1. The van der Waals surface area contributed by atoms with Crippen molar-refractivity contribution in [3.63, 3.8) is 0 Å². The van der Waals surface area contributed by atoms with E-state index in [2.05, 4.69) is 9.97 Å². The van der Waals surface area contributed by atoms with Gasteiger partial charge in [0.15, 0.2) is 0 Å². The van der Waals surface area contributed by atoms with Crippen LogP contribution in [0.2, 0.25) is 0 Å². The quantitative estimate of drug-likeness (QED) is 0.700. The summed E-state index contributed by atoms with van der Waals surface area (Å²) in [5.41, 5.74) is 6.48. The van der Waals surface area contributed by atoms with Crippen molar-refractivity contribution in [3.8, 4) is 0 Å². The summed E-state index contributed by atoms with van der Waals surface area (Å²) in [5, 5.41) is 0. The number of nitrogens with zero attached hydrogens (tertiary/aromatic N) is 2. The van der Waals surface area contributed by atoms with E-state index in [9.17, 15) is 13.2 Å². The van der Waals surface area contributed by atoms with Gasteiger partial charge in [-0.3, -0.25) is 4.40 Å². The summed E-state index contributed by atoms with van der Waals surface area (Å²) >= 11 is 0. The molecule has 2 aromatic heterocycles. The second-order valence-electron chi connectivity index (χ2n) is 3.99. The molecule has 2 heterocycles. The van der Waals surface area contributed by atoms with Gasteiger partial charge in [0.05, 0.1) is 16.6 Å². The Bertz CT molecular complexity index is 723. The first kappa shape index (κ1) is 11.1. The number of H-pyrrole nitrogens is 1. The Hall–Kier alpha value is -2.02. The van der Waals surface area contributed by atoms with Gasteiger partial charge in [-0.2, -0.15) is 13.2 Å². The van der Waals surface area contributed by atoms with Crippen molar-refractivity contribution in [1.29, 1.82) is 0 Å². The molecule has 0 aliphatic rings. The average molecular weight is 254 g/mol. The second kappa shape index (κ2) is 3.49. The number of hydrogen-bond donors (Lipinski definition) is 2. The first-order valence-electron chi connectivity index (χ1n) is 5.26. The van der Waals surface area contributed by atoms with E-state index in [1.807, 2.05) is 0 Å². The number of nitrogens with two attached hydrogens (primary N) is 1. The molecular weight excluding hydrogens is 245 g/mol. The second-order valence-corrected chi connectivity index (χ2v) is 3.99. The van der Waals surface area contributed by atoms with E-state index in [1.54, 1.807) is 10.6 Å². The Labute approximate surface area is 99.2 Å². The maximum absolute atomic E-state index is 12.6. The highest BCUT2D eigenvalue weighted by atomic mass is 19.4. The first-order chi connectivity index (χ1) is 8.49. The summed E-state index contributed by atoms with van der Waals surface area (Å²) in [6, 6.07) is 3.50. The van der Waals surface area contributed by atoms with E-state index >= 15 is 0 Å². The van der Waals surface area contributed by atoms with E-state index in [0.29, 0.717) is 23.4 Å². The van der Waals surface area contributed by atoms with Gasteiger partial charge in [-0.1, -0.05) is 0 Å². The van der Waals surface area contributed by atoms with Gasteiger partial charge in [0, 0.05) is 18.4 Å². The van der Waals surface area contributed by atoms with Gasteiger partial charge >= 0.3 is 6.18 Å². The zero-order valence-corrected chi connectivity index (χ0v) is 9.12. The normalized spacial score (nSPS) is 12.7. The first-order valence-corrected chi connectivity index (χ1v) is 5.26. The highest BCUT2D eigenvalue weighted by Gasteiger charge is 2.30. The van der Waals surface area contributed by atoms with Crippen LogP contribution >= 0.6 is 0 Å². The Kier molecular flexibility index (Phi) is 2.15. The molecule has 0 aliphatic heterocycles. The molecule has 0 spiro atoms. The van der Waals surface area contributed by atoms with E-state index in [1.165, 1.54) is 6.07 Å². The lowest BCUT2D eigenvalue weighted by Crippen LogP contribution is -2.04. The molecule has 0 aliphatic carbocycles. The fraction of sp³-hybridized carbons (Fsp3) is 0.182. The summed E-state index contributed by atoms with van der Waals surface area (Å²) in [4.78, 5) is 7.05. The van der Waals surface area contributed by atoms with Gasteiger partial charge in [0.2, 0.25) is 5.78 Å². The monoisotopic (exact) mass is 254 g/mol. The van der Waals surface area contributed by atoms with Crippen molar-refractivity contribution >= 4 is 16.8 Å². The summed E-state index contributed by atoms with van der Waals surface area (Å²) < 4.78 is 39.4. The molecule has 0 saturated carbocycles. The standard InChI is InChI=1S/C11H9F3N4/c12-11(13,14)6-1-2-9-8(3-6)17-10-16-7(4-15)5-18(9)10/h1-3,5H,4,15H2,(H,16,17). The number of halogens is 3. The average Bonchev–Trinajstić information content (AvgIpc) is 2.83. The zero-order chi connectivity index (χ0) is 12.9. The highest BCUT2D eigenvalue weighted by Crippen LogP contribution is 2.31. The maximum atomic E-state index is 12.6. The molecular formula is C11H9F3N4. The van der Waals surface area contributed by atoms with Crippen molar-refractivity contribution in [2.45, 2.75) is 12.7 Å². The molecule has 0 saturated heterocycles. The molecule has 3 aromatic rings. The molecule has 0 fully saturated rings. The minimum atomic E-state index is -4.35. The van der Waals surface area contributed by atoms with E-state index in [4.69, 9.17) is 5.73 Å². The number of imidazole rings is 2. The molecule has 0 amide bonds. The van der Waals surface area contributed by atoms with E-state index < -0.39 is 11.7 Å². The van der Waals surface area contributed by atoms with Gasteiger partial charge in [-0.25, -0.2) is 4.98 Å². The Morgan fingerprint density at radius 3 is 2.78 bits per heavy atom. The molecule has 0 atom stereocenters. The highest BCUT2D eigenvalue weighted by molar-refractivity contribution is 5.80. The van der Waals surface area contributed by atoms with Crippen molar-refractivity contribution in [3.05, 3.63) is 35.7 Å². The number of benzene rings is 1. The van der Waals surface area contributed by atoms with Crippen LogP contribution in [0.15, 0.2) is 24.4 Å². The van der Waals surface area contributed by atoms with Gasteiger partial charge in [-0.05, 0) is 18.2 Å². The molecule has 0 bridgehead atoms. The largest absolute Gasteiger partial charge is 0.416 e. The molecule has 0 unspecified atom stereocenters. The molecule has 3 rings (SSSR count). The molecule has 7 heteroatoms. The number of aromatic nitrogens is 3. The summed E-state index contributed by atoms with van der Waals surface area (Å²) in [6.45, 7) is 0.325. The van der Waals surface area contributed by atoms with Crippen LogP contribution < -0.4 is 5.73 Å². The third-order valence-corrected chi connectivity index (χ3v) is 2.79. The Morgan fingerprint density at radius 2 is 2.11 bits per heavy atom. The van der Waals surface area contributed by atoms with E-state index in [0.717, 1.165) is 17.8 Å². The minimum absolute atomic E-state index is 0.305. The van der Waals surface area contributed by atoms with Crippen LogP contribution in [0.5, 0.6) is 0 Å². The Balaban J connectivity index is 2.25. The predicted octanol–water partition coefficient (Wildman–Crippen LogP) is 2.29. The smallest absolute Gasteiger partial charge is 0.326 e. The number of nitrogens with one attached hydrogen (secondary N) is 1. The predicted molar refractivity (Wildman–Crippen MR) is 59.9 cm³/mol. The van der Waals surface area contributed by atoms with Gasteiger partial charge in [0.25, 0.3) is 0 Å². The summed E-state index contributed by atoms with van der Waals surface area (Å²) in [6.07, 6.45) is -2.62. The summed E-state index contributed by atoms with van der Waals surface area (Å²) in [5.74, 6) is 0.491. The van der Waals surface area contributed by atoms with E-state index in [-0.39, 0.29) is 0 Å². The molecule has 3 N–H and O–H groups in total. The minimum Gasteiger partial charge on any atom is -0.326 e. The number of alkyl halides is 3. The molecule has 0 radical (unpaired) electrons. The van der Waals surface area contributed by atoms with Crippen LogP contribution in [0.4, 0.5) is 13.2 Å². The number of aromatic amines is 1. The Morgan fingerprint density at radius 1 is 1.33 bits per heavy atom. The SMILES string of the molecule is NCc1cn2c(nc3cc(C(F)(F)F)ccc32)[nH]1.